The van der Waals surface area contributed by atoms with Gasteiger partial charge in [-0.1, -0.05) is 29.8 Å². The Kier molecular flexibility index (Phi) is 3.96. The molecule has 1 saturated heterocycles. The minimum Gasteiger partial charge on any atom is -0.504 e. The van der Waals surface area contributed by atoms with Gasteiger partial charge in [0.25, 0.3) is 0 Å². The average molecular weight is 488 g/mol. The summed E-state index contributed by atoms with van der Waals surface area (Å²) < 4.78 is 6.54. The van der Waals surface area contributed by atoms with Gasteiger partial charge in [-0.2, -0.15) is 10.2 Å². The van der Waals surface area contributed by atoms with Crippen molar-refractivity contribution in [3.05, 3.63) is 69.9 Å². The van der Waals surface area contributed by atoms with E-state index in [9.17, 15) is 10.2 Å². The van der Waals surface area contributed by atoms with Crippen molar-refractivity contribution in [2.75, 3.05) is 13.1 Å². The lowest BCUT2D eigenvalue weighted by Crippen LogP contribution is -2.74. The summed E-state index contributed by atoms with van der Waals surface area (Å²) in [5.74, 6) is 1.41. The van der Waals surface area contributed by atoms with Crippen molar-refractivity contribution in [1.82, 2.24) is 15.1 Å². The second-order valence-corrected chi connectivity index (χ2v) is 11.5. The first kappa shape index (κ1) is 20.5. The third-order valence-electron chi connectivity index (χ3n) is 9.27. The van der Waals surface area contributed by atoms with Gasteiger partial charge in [0.05, 0.1) is 16.7 Å². The minimum absolute atomic E-state index is 0.00578. The molecular weight excluding hydrogens is 462 g/mol. The van der Waals surface area contributed by atoms with Gasteiger partial charge in [0.15, 0.2) is 17.6 Å². The second-order valence-electron chi connectivity index (χ2n) is 11.1. The van der Waals surface area contributed by atoms with E-state index in [4.69, 9.17) is 21.4 Å². The third-order valence-corrected chi connectivity index (χ3v) is 9.52. The number of likely N-dealkylation sites (tertiary alicyclic amines) is 1. The van der Waals surface area contributed by atoms with Gasteiger partial charge < -0.3 is 14.9 Å². The molecule has 4 atom stereocenters. The lowest BCUT2D eigenvalue weighted by Gasteiger charge is -2.62. The molecular formula is C28H26ClN3O3. The summed E-state index contributed by atoms with van der Waals surface area (Å²) in [7, 11) is 0. The Morgan fingerprint density at radius 1 is 1.09 bits per heavy atom. The fourth-order valence-corrected chi connectivity index (χ4v) is 7.63. The van der Waals surface area contributed by atoms with Gasteiger partial charge in [-0.25, -0.2) is 0 Å². The fraction of sp³-hybridized carbons (Fsp3) is 0.429. The predicted molar refractivity (Wildman–Crippen MR) is 131 cm³/mol. The molecule has 178 valence electrons. The molecule has 2 aromatic carbocycles. The topological polar surface area (TPSA) is 78.7 Å². The molecule has 2 bridgehead atoms. The molecule has 3 aromatic rings. The van der Waals surface area contributed by atoms with E-state index in [2.05, 4.69) is 16.1 Å². The zero-order valence-corrected chi connectivity index (χ0v) is 20.0. The number of hydrogen-bond acceptors (Lipinski definition) is 6. The molecule has 2 aliphatic heterocycles. The summed E-state index contributed by atoms with van der Waals surface area (Å²) in [5.41, 5.74) is 4.01. The SMILES string of the molecule is Oc1ccc2c3c1O[C@H]1c4nnc(-c5ccc(Cl)cc5)cc4C[C@@]4(O)[C@H](C2)N(CC2CC2)CC[C@]314. The number of phenolic OH excluding ortho intramolecular Hbond substituents is 1. The first-order chi connectivity index (χ1) is 17.0. The molecule has 3 aliphatic carbocycles. The summed E-state index contributed by atoms with van der Waals surface area (Å²) in [6.07, 6.45) is 4.16. The van der Waals surface area contributed by atoms with Crippen molar-refractivity contribution in [2.45, 2.75) is 55.3 Å². The van der Waals surface area contributed by atoms with Crippen molar-refractivity contribution in [3.8, 4) is 22.8 Å². The molecule has 6 nitrogen and oxygen atoms in total. The first-order valence-electron chi connectivity index (χ1n) is 12.6. The van der Waals surface area contributed by atoms with Gasteiger partial charge in [0.2, 0.25) is 0 Å². The quantitative estimate of drug-likeness (QED) is 0.576. The fourth-order valence-electron chi connectivity index (χ4n) is 7.51. The van der Waals surface area contributed by atoms with Crippen LogP contribution in [0, 0.1) is 5.92 Å². The van der Waals surface area contributed by atoms with Crippen LogP contribution >= 0.6 is 11.6 Å². The zero-order chi connectivity index (χ0) is 23.5. The lowest BCUT2D eigenvalue weighted by atomic mass is 9.49. The molecule has 1 spiro atoms. The van der Waals surface area contributed by atoms with Crippen LogP contribution in [0.5, 0.6) is 11.5 Å². The standard InChI is InChI=1S/C28H26ClN3O3/c29-19-6-3-16(4-7-19)20-11-18-13-28(34)22-12-17-5-8-21(33)25-23(17)27(28,26(35-25)24(18)31-30-20)9-10-32(22)14-15-1-2-15/h3-8,11,15,22,26,33-34H,1-2,9-10,12-14H2/t22-,26-,27-,28+/m0/s1. The van der Waals surface area contributed by atoms with Gasteiger partial charge in [-0.15, -0.1) is 0 Å². The highest BCUT2D eigenvalue weighted by Crippen LogP contribution is 2.68. The number of benzene rings is 2. The summed E-state index contributed by atoms with van der Waals surface area (Å²) in [5, 5.41) is 33.5. The van der Waals surface area contributed by atoms with Crippen LogP contribution in [0.2, 0.25) is 5.02 Å². The normalized spacial score (nSPS) is 32.1. The number of aliphatic hydroxyl groups is 1. The summed E-state index contributed by atoms with van der Waals surface area (Å²) in [4.78, 5) is 2.54. The van der Waals surface area contributed by atoms with E-state index < -0.39 is 17.1 Å². The maximum absolute atomic E-state index is 12.8. The number of fused-ring (bicyclic) bond motifs is 2. The Morgan fingerprint density at radius 2 is 1.91 bits per heavy atom. The minimum atomic E-state index is -1.01. The first-order valence-corrected chi connectivity index (χ1v) is 13.0. The summed E-state index contributed by atoms with van der Waals surface area (Å²) >= 11 is 6.09. The van der Waals surface area contributed by atoms with E-state index in [0.29, 0.717) is 17.2 Å². The Hall–Kier alpha value is -2.67. The molecule has 0 amide bonds. The Morgan fingerprint density at radius 3 is 2.71 bits per heavy atom. The van der Waals surface area contributed by atoms with Crippen LogP contribution in [-0.4, -0.2) is 50.0 Å². The summed E-state index contributed by atoms with van der Waals surface area (Å²) in [6, 6.07) is 13.4. The lowest BCUT2D eigenvalue weighted by molar-refractivity contribution is -0.173. The zero-order valence-electron chi connectivity index (χ0n) is 19.2. The van der Waals surface area contributed by atoms with Crippen molar-refractivity contribution in [3.63, 3.8) is 0 Å². The number of hydrogen-bond donors (Lipinski definition) is 2. The number of rotatable bonds is 3. The molecule has 1 aromatic heterocycles. The highest BCUT2D eigenvalue weighted by molar-refractivity contribution is 6.30. The molecule has 5 aliphatic rings. The Labute approximate surface area is 208 Å². The monoisotopic (exact) mass is 487 g/mol. The number of aromatic nitrogens is 2. The van der Waals surface area contributed by atoms with E-state index in [1.807, 2.05) is 30.3 Å². The maximum Gasteiger partial charge on any atom is 0.166 e. The van der Waals surface area contributed by atoms with Crippen LogP contribution in [0.3, 0.4) is 0 Å². The predicted octanol–water partition coefficient (Wildman–Crippen LogP) is 4.20. The number of phenols is 1. The Balaban J connectivity index is 1.32. The molecule has 3 heterocycles. The van der Waals surface area contributed by atoms with Crippen LogP contribution in [0.1, 0.15) is 47.8 Å². The van der Waals surface area contributed by atoms with Gasteiger partial charge in [0.1, 0.15) is 5.69 Å². The molecule has 2 fully saturated rings. The molecule has 7 heteroatoms. The van der Waals surface area contributed by atoms with Crippen molar-refractivity contribution in [1.29, 1.82) is 0 Å². The van der Waals surface area contributed by atoms with Crippen LogP contribution in [0.4, 0.5) is 0 Å². The van der Waals surface area contributed by atoms with E-state index in [1.165, 1.54) is 18.4 Å². The third kappa shape index (κ3) is 2.57. The van der Waals surface area contributed by atoms with Gasteiger partial charge in [0, 0.05) is 35.2 Å². The van der Waals surface area contributed by atoms with E-state index in [0.717, 1.165) is 59.9 Å². The Bertz CT molecular complexity index is 1390. The van der Waals surface area contributed by atoms with Crippen molar-refractivity contribution in [2.24, 2.45) is 5.92 Å². The molecule has 8 rings (SSSR count). The number of halogens is 1. The highest BCUT2D eigenvalue weighted by atomic mass is 35.5. The average Bonchev–Trinajstić information content (AvgIpc) is 3.59. The van der Waals surface area contributed by atoms with Crippen LogP contribution < -0.4 is 4.74 Å². The second kappa shape index (κ2) is 6.75. The number of piperidine rings is 1. The van der Waals surface area contributed by atoms with Gasteiger partial charge in [-0.05, 0) is 73.5 Å². The smallest absolute Gasteiger partial charge is 0.166 e. The number of ether oxygens (including phenoxy) is 1. The van der Waals surface area contributed by atoms with Crippen molar-refractivity contribution >= 4 is 11.6 Å². The van der Waals surface area contributed by atoms with E-state index in [1.54, 1.807) is 6.07 Å². The molecule has 35 heavy (non-hydrogen) atoms. The summed E-state index contributed by atoms with van der Waals surface area (Å²) in [6.45, 7) is 1.97. The molecule has 2 N–H and O–H groups in total. The van der Waals surface area contributed by atoms with Crippen LogP contribution in [-0.2, 0) is 18.3 Å². The van der Waals surface area contributed by atoms with E-state index in [-0.39, 0.29) is 11.8 Å². The molecule has 0 radical (unpaired) electrons. The van der Waals surface area contributed by atoms with Gasteiger partial charge in [-0.3, -0.25) is 4.90 Å². The largest absolute Gasteiger partial charge is 0.504 e. The highest BCUT2D eigenvalue weighted by Gasteiger charge is 2.72. The molecule has 1 saturated carbocycles. The number of aromatic hydroxyl groups is 1. The van der Waals surface area contributed by atoms with Crippen LogP contribution in [0.25, 0.3) is 11.3 Å². The number of nitrogens with zero attached hydrogens (tertiary/aromatic N) is 3. The van der Waals surface area contributed by atoms with Crippen molar-refractivity contribution < 1.29 is 14.9 Å². The molecule has 0 unspecified atom stereocenters. The maximum atomic E-state index is 12.8. The van der Waals surface area contributed by atoms with Crippen LogP contribution in [0.15, 0.2) is 42.5 Å². The van der Waals surface area contributed by atoms with Gasteiger partial charge >= 0.3 is 0 Å². The van der Waals surface area contributed by atoms with E-state index >= 15 is 0 Å².